The SMILES string of the molecule is CNCCN1C(=O)CC[C@H]2CN(C(=O)NCCc3ccccc3)CC[C@H]21. The van der Waals surface area contributed by atoms with Crippen molar-refractivity contribution in [2.75, 3.05) is 39.8 Å². The standard InChI is InChI=1S/C20H30N4O2/c1-21-12-14-24-18-10-13-23(15-17(18)7-8-19(24)25)20(26)22-11-9-16-5-3-2-4-6-16/h2-6,17-18,21H,7-15H2,1H3,(H,22,26)/t17-,18+/m0/s1. The van der Waals surface area contributed by atoms with E-state index in [4.69, 9.17) is 0 Å². The number of nitrogens with one attached hydrogen (secondary N) is 2. The van der Waals surface area contributed by atoms with Crippen LogP contribution in [0.5, 0.6) is 0 Å². The fraction of sp³-hybridized carbons (Fsp3) is 0.600. The molecule has 2 saturated heterocycles. The van der Waals surface area contributed by atoms with Crippen molar-refractivity contribution in [3.8, 4) is 0 Å². The molecule has 1 aromatic carbocycles. The lowest BCUT2D eigenvalue weighted by molar-refractivity contribution is -0.140. The van der Waals surface area contributed by atoms with Gasteiger partial charge in [-0.2, -0.15) is 0 Å². The molecular formula is C20H30N4O2. The fourth-order valence-corrected chi connectivity index (χ4v) is 4.13. The number of hydrogen-bond donors (Lipinski definition) is 2. The van der Waals surface area contributed by atoms with Gasteiger partial charge < -0.3 is 20.4 Å². The van der Waals surface area contributed by atoms with E-state index in [9.17, 15) is 9.59 Å². The highest BCUT2D eigenvalue weighted by molar-refractivity contribution is 5.78. The van der Waals surface area contributed by atoms with Crippen molar-refractivity contribution >= 4 is 11.9 Å². The van der Waals surface area contributed by atoms with Crippen molar-refractivity contribution < 1.29 is 9.59 Å². The third-order valence-corrected chi connectivity index (χ3v) is 5.57. The Labute approximate surface area is 155 Å². The van der Waals surface area contributed by atoms with Crippen LogP contribution in [0.3, 0.4) is 0 Å². The van der Waals surface area contributed by atoms with E-state index in [0.29, 0.717) is 18.9 Å². The number of rotatable bonds is 6. The summed E-state index contributed by atoms with van der Waals surface area (Å²) in [4.78, 5) is 28.7. The summed E-state index contributed by atoms with van der Waals surface area (Å²) >= 11 is 0. The number of fused-ring (bicyclic) bond motifs is 1. The topological polar surface area (TPSA) is 64.7 Å². The number of carbonyl (C=O) groups is 2. The number of hydrogen-bond acceptors (Lipinski definition) is 3. The van der Waals surface area contributed by atoms with Gasteiger partial charge in [0.2, 0.25) is 5.91 Å². The second-order valence-corrected chi connectivity index (χ2v) is 7.26. The lowest BCUT2D eigenvalue weighted by Crippen LogP contribution is -2.58. The Hall–Kier alpha value is -2.08. The van der Waals surface area contributed by atoms with Crippen LogP contribution >= 0.6 is 0 Å². The quantitative estimate of drug-likeness (QED) is 0.809. The first-order valence-corrected chi connectivity index (χ1v) is 9.70. The number of urea groups is 1. The molecule has 2 aliphatic heterocycles. The summed E-state index contributed by atoms with van der Waals surface area (Å²) in [5, 5.41) is 6.17. The van der Waals surface area contributed by atoms with Crippen LogP contribution < -0.4 is 10.6 Å². The Bertz CT molecular complexity index is 607. The molecule has 1 aromatic rings. The number of likely N-dealkylation sites (N-methyl/N-ethyl adjacent to an activating group) is 1. The van der Waals surface area contributed by atoms with E-state index >= 15 is 0 Å². The second-order valence-electron chi connectivity index (χ2n) is 7.26. The average Bonchev–Trinajstić information content (AvgIpc) is 2.67. The van der Waals surface area contributed by atoms with Gasteiger partial charge in [-0.05, 0) is 37.8 Å². The van der Waals surface area contributed by atoms with Crippen LogP contribution in [0.25, 0.3) is 0 Å². The molecule has 6 nitrogen and oxygen atoms in total. The van der Waals surface area contributed by atoms with Crippen LogP contribution in [0.15, 0.2) is 30.3 Å². The van der Waals surface area contributed by atoms with Gasteiger partial charge in [-0.1, -0.05) is 30.3 Å². The summed E-state index contributed by atoms with van der Waals surface area (Å²) < 4.78 is 0. The van der Waals surface area contributed by atoms with Crippen molar-refractivity contribution in [2.24, 2.45) is 5.92 Å². The van der Waals surface area contributed by atoms with E-state index < -0.39 is 0 Å². The van der Waals surface area contributed by atoms with Gasteiger partial charge in [0, 0.05) is 45.2 Å². The van der Waals surface area contributed by atoms with Gasteiger partial charge in [0.05, 0.1) is 0 Å². The van der Waals surface area contributed by atoms with Gasteiger partial charge >= 0.3 is 6.03 Å². The van der Waals surface area contributed by atoms with Gasteiger partial charge in [-0.3, -0.25) is 4.79 Å². The Morgan fingerprint density at radius 3 is 2.77 bits per heavy atom. The van der Waals surface area contributed by atoms with Crippen molar-refractivity contribution in [3.63, 3.8) is 0 Å². The van der Waals surface area contributed by atoms with Crippen molar-refractivity contribution in [2.45, 2.75) is 31.7 Å². The Balaban J connectivity index is 1.48. The maximum absolute atomic E-state index is 12.5. The number of carbonyl (C=O) groups excluding carboxylic acids is 2. The van der Waals surface area contributed by atoms with Crippen LogP contribution in [-0.4, -0.2) is 67.6 Å². The molecule has 2 heterocycles. The summed E-state index contributed by atoms with van der Waals surface area (Å²) in [6, 6.07) is 10.5. The molecule has 2 atom stereocenters. The average molecular weight is 358 g/mol. The van der Waals surface area contributed by atoms with Gasteiger partial charge in [0.25, 0.3) is 0 Å². The minimum atomic E-state index is 0.0260. The van der Waals surface area contributed by atoms with Gasteiger partial charge in [0.1, 0.15) is 0 Å². The van der Waals surface area contributed by atoms with E-state index in [1.165, 1.54) is 5.56 Å². The molecule has 0 bridgehead atoms. The smallest absolute Gasteiger partial charge is 0.317 e. The molecule has 142 valence electrons. The number of likely N-dealkylation sites (tertiary alicyclic amines) is 2. The summed E-state index contributed by atoms with van der Waals surface area (Å²) in [6.45, 7) is 3.71. The number of amides is 3. The van der Waals surface area contributed by atoms with Crippen LogP contribution in [0.4, 0.5) is 4.79 Å². The van der Waals surface area contributed by atoms with Crippen LogP contribution in [0, 0.1) is 5.92 Å². The maximum Gasteiger partial charge on any atom is 0.317 e. The second kappa shape index (κ2) is 9.03. The zero-order chi connectivity index (χ0) is 18.4. The fourth-order valence-electron chi connectivity index (χ4n) is 4.13. The lowest BCUT2D eigenvalue weighted by atomic mass is 9.83. The zero-order valence-corrected chi connectivity index (χ0v) is 15.6. The molecule has 2 fully saturated rings. The summed E-state index contributed by atoms with van der Waals surface area (Å²) in [5.41, 5.74) is 1.23. The predicted octanol–water partition coefficient (Wildman–Crippen LogP) is 1.47. The highest BCUT2D eigenvalue weighted by atomic mass is 16.2. The summed E-state index contributed by atoms with van der Waals surface area (Å²) in [6.07, 6.45) is 3.23. The molecule has 0 spiro atoms. The first kappa shape index (κ1) is 18.7. The Morgan fingerprint density at radius 2 is 2.00 bits per heavy atom. The minimum Gasteiger partial charge on any atom is -0.338 e. The normalized spacial score (nSPS) is 22.9. The number of benzene rings is 1. The molecule has 0 aliphatic carbocycles. The van der Waals surface area contributed by atoms with Gasteiger partial charge in [-0.25, -0.2) is 4.79 Å². The Morgan fingerprint density at radius 1 is 1.19 bits per heavy atom. The zero-order valence-electron chi connectivity index (χ0n) is 15.6. The Kier molecular flexibility index (Phi) is 6.50. The minimum absolute atomic E-state index is 0.0260. The van der Waals surface area contributed by atoms with Crippen LogP contribution in [-0.2, 0) is 11.2 Å². The molecule has 3 amide bonds. The first-order valence-electron chi connectivity index (χ1n) is 9.70. The monoisotopic (exact) mass is 358 g/mol. The third kappa shape index (κ3) is 4.55. The van der Waals surface area contributed by atoms with Crippen LogP contribution in [0.1, 0.15) is 24.8 Å². The van der Waals surface area contributed by atoms with Crippen molar-refractivity contribution in [1.82, 2.24) is 20.4 Å². The van der Waals surface area contributed by atoms with E-state index in [1.807, 2.05) is 35.0 Å². The third-order valence-electron chi connectivity index (χ3n) is 5.57. The predicted molar refractivity (Wildman–Crippen MR) is 102 cm³/mol. The molecule has 0 saturated carbocycles. The highest BCUT2D eigenvalue weighted by Crippen LogP contribution is 2.31. The molecule has 2 N–H and O–H groups in total. The molecule has 26 heavy (non-hydrogen) atoms. The van der Waals surface area contributed by atoms with Gasteiger partial charge in [-0.15, -0.1) is 0 Å². The molecule has 6 heteroatoms. The van der Waals surface area contributed by atoms with Crippen molar-refractivity contribution in [3.05, 3.63) is 35.9 Å². The van der Waals surface area contributed by atoms with Gasteiger partial charge in [0.15, 0.2) is 0 Å². The summed E-state index contributed by atoms with van der Waals surface area (Å²) in [7, 11) is 1.91. The van der Waals surface area contributed by atoms with Crippen molar-refractivity contribution in [1.29, 1.82) is 0 Å². The number of nitrogens with zero attached hydrogens (tertiary/aromatic N) is 2. The molecule has 0 radical (unpaired) electrons. The van der Waals surface area contributed by atoms with Crippen LogP contribution in [0.2, 0.25) is 0 Å². The van der Waals surface area contributed by atoms with E-state index in [1.54, 1.807) is 0 Å². The largest absolute Gasteiger partial charge is 0.338 e. The van der Waals surface area contributed by atoms with E-state index in [0.717, 1.165) is 45.4 Å². The molecule has 3 rings (SSSR count). The maximum atomic E-state index is 12.5. The molecule has 0 aromatic heterocycles. The summed E-state index contributed by atoms with van der Waals surface area (Å²) in [5.74, 6) is 0.667. The lowest BCUT2D eigenvalue weighted by Gasteiger charge is -2.47. The molecule has 2 aliphatic rings. The first-order chi connectivity index (χ1) is 12.7. The van der Waals surface area contributed by atoms with E-state index in [2.05, 4.69) is 22.8 Å². The molecular weight excluding hydrogens is 328 g/mol. The molecule has 0 unspecified atom stereocenters. The van der Waals surface area contributed by atoms with E-state index in [-0.39, 0.29) is 18.0 Å². The highest BCUT2D eigenvalue weighted by Gasteiger charge is 2.39. The number of piperidine rings is 2.